The van der Waals surface area contributed by atoms with Gasteiger partial charge in [0.2, 0.25) is 5.88 Å². The maximum atomic E-state index is 11.4. The second kappa shape index (κ2) is 6.21. The molecule has 1 N–H and O–H groups in total. The van der Waals surface area contributed by atoms with E-state index in [9.17, 15) is 9.59 Å². The van der Waals surface area contributed by atoms with Crippen molar-refractivity contribution in [2.45, 2.75) is 26.4 Å². The van der Waals surface area contributed by atoms with Crippen LogP contribution in [0.2, 0.25) is 5.02 Å². The SMILES string of the molecule is CC(C)(C)OC(=O)NC(=O)Oc1nccc(Br)c1Cl. The molecule has 1 aromatic rings. The van der Waals surface area contributed by atoms with Crippen molar-refractivity contribution in [3.63, 3.8) is 0 Å². The number of nitrogens with zero attached hydrogens (tertiary/aromatic N) is 1. The molecule has 0 saturated heterocycles. The number of alkyl carbamates (subject to hydrolysis) is 1. The molecular formula is C11H12BrClN2O4. The van der Waals surface area contributed by atoms with Gasteiger partial charge in [0, 0.05) is 10.7 Å². The smallest absolute Gasteiger partial charge is 0.423 e. The van der Waals surface area contributed by atoms with Crippen molar-refractivity contribution < 1.29 is 19.1 Å². The number of aromatic nitrogens is 1. The van der Waals surface area contributed by atoms with Crippen LogP contribution >= 0.6 is 27.5 Å². The fourth-order valence-corrected chi connectivity index (χ4v) is 1.41. The van der Waals surface area contributed by atoms with Crippen LogP contribution in [0.15, 0.2) is 16.7 Å². The molecule has 19 heavy (non-hydrogen) atoms. The Morgan fingerprint density at radius 1 is 1.37 bits per heavy atom. The zero-order valence-corrected chi connectivity index (χ0v) is 12.8. The van der Waals surface area contributed by atoms with Gasteiger partial charge < -0.3 is 9.47 Å². The van der Waals surface area contributed by atoms with Crippen LogP contribution in [0, 0.1) is 0 Å². The summed E-state index contributed by atoms with van der Waals surface area (Å²) in [4.78, 5) is 26.5. The quantitative estimate of drug-likeness (QED) is 0.837. The largest absolute Gasteiger partial charge is 0.443 e. The lowest BCUT2D eigenvalue weighted by atomic mass is 10.2. The first-order valence-electron chi connectivity index (χ1n) is 5.21. The van der Waals surface area contributed by atoms with Crippen LogP contribution in [0.4, 0.5) is 9.59 Å². The molecule has 0 aliphatic rings. The highest BCUT2D eigenvalue weighted by Gasteiger charge is 2.20. The summed E-state index contributed by atoms with van der Waals surface area (Å²) in [6.07, 6.45) is -0.545. The summed E-state index contributed by atoms with van der Waals surface area (Å²) in [5.74, 6) is -0.114. The molecule has 104 valence electrons. The van der Waals surface area contributed by atoms with Crippen LogP contribution < -0.4 is 10.1 Å². The number of hydrogen-bond acceptors (Lipinski definition) is 5. The van der Waals surface area contributed by atoms with E-state index in [2.05, 4.69) is 20.9 Å². The number of rotatable bonds is 1. The van der Waals surface area contributed by atoms with E-state index in [4.69, 9.17) is 21.1 Å². The molecule has 0 aliphatic carbocycles. The van der Waals surface area contributed by atoms with E-state index in [1.54, 1.807) is 26.8 Å². The van der Waals surface area contributed by atoms with Crippen molar-refractivity contribution in [1.82, 2.24) is 10.3 Å². The van der Waals surface area contributed by atoms with Crippen LogP contribution in [-0.2, 0) is 4.74 Å². The molecule has 0 aromatic carbocycles. The van der Waals surface area contributed by atoms with Crippen molar-refractivity contribution in [3.05, 3.63) is 21.8 Å². The van der Waals surface area contributed by atoms with E-state index >= 15 is 0 Å². The number of carbonyl (C=O) groups is 2. The Hall–Kier alpha value is -1.34. The van der Waals surface area contributed by atoms with Crippen molar-refractivity contribution in [3.8, 4) is 5.88 Å². The Balaban J connectivity index is 2.61. The lowest BCUT2D eigenvalue weighted by Gasteiger charge is -2.19. The number of hydrogen-bond donors (Lipinski definition) is 1. The molecule has 0 radical (unpaired) electrons. The molecule has 1 aromatic heterocycles. The second-order valence-corrected chi connectivity index (χ2v) is 5.66. The summed E-state index contributed by atoms with van der Waals surface area (Å²) in [6, 6.07) is 1.58. The highest BCUT2D eigenvalue weighted by atomic mass is 79.9. The standard InChI is InChI=1S/C11H12BrClN2O4/c1-11(2,3)19-10(17)15-9(16)18-8-7(13)6(12)4-5-14-8/h4-5H,1-3H3,(H,15,16,17). The first-order chi connectivity index (χ1) is 8.69. The van der Waals surface area contributed by atoms with E-state index in [0.717, 1.165) is 0 Å². The molecule has 0 unspecified atom stereocenters. The van der Waals surface area contributed by atoms with E-state index < -0.39 is 17.8 Å². The number of nitrogens with one attached hydrogen (secondary N) is 1. The van der Waals surface area contributed by atoms with Gasteiger partial charge in [-0.25, -0.2) is 19.9 Å². The molecule has 0 saturated carbocycles. The summed E-state index contributed by atoms with van der Waals surface area (Å²) < 4.78 is 10.2. The van der Waals surface area contributed by atoms with E-state index in [-0.39, 0.29) is 10.9 Å². The van der Waals surface area contributed by atoms with Gasteiger partial charge in [-0.3, -0.25) is 0 Å². The third-order valence-electron chi connectivity index (χ3n) is 1.60. The third-order valence-corrected chi connectivity index (χ3v) is 2.86. The van der Waals surface area contributed by atoms with Crippen molar-refractivity contribution in [2.75, 3.05) is 0 Å². The van der Waals surface area contributed by atoms with Gasteiger partial charge in [-0.2, -0.15) is 0 Å². The highest BCUT2D eigenvalue weighted by molar-refractivity contribution is 9.10. The van der Waals surface area contributed by atoms with Gasteiger partial charge in [-0.05, 0) is 42.8 Å². The van der Waals surface area contributed by atoms with Crippen LogP contribution in [0.25, 0.3) is 0 Å². The van der Waals surface area contributed by atoms with E-state index in [1.165, 1.54) is 6.20 Å². The number of pyridine rings is 1. The van der Waals surface area contributed by atoms with Gasteiger partial charge in [-0.1, -0.05) is 11.6 Å². The topological polar surface area (TPSA) is 77.5 Å². The van der Waals surface area contributed by atoms with Crippen molar-refractivity contribution >= 4 is 39.7 Å². The maximum absolute atomic E-state index is 11.4. The van der Waals surface area contributed by atoms with Gasteiger partial charge in [0.25, 0.3) is 0 Å². The Labute approximate surface area is 123 Å². The molecule has 2 amide bonds. The summed E-state index contributed by atoms with van der Waals surface area (Å²) in [7, 11) is 0. The molecular weight excluding hydrogens is 339 g/mol. The summed E-state index contributed by atoms with van der Waals surface area (Å²) in [6.45, 7) is 5.01. The highest BCUT2D eigenvalue weighted by Crippen LogP contribution is 2.29. The first-order valence-corrected chi connectivity index (χ1v) is 6.38. The van der Waals surface area contributed by atoms with Gasteiger partial charge in [0.1, 0.15) is 10.6 Å². The normalized spacial score (nSPS) is 10.8. The van der Waals surface area contributed by atoms with Gasteiger partial charge in [0.05, 0.1) is 0 Å². The molecule has 1 rings (SSSR count). The molecule has 0 spiro atoms. The Morgan fingerprint density at radius 3 is 2.58 bits per heavy atom. The Morgan fingerprint density at radius 2 is 2.00 bits per heavy atom. The molecule has 6 nitrogen and oxygen atoms in total. The summed E-state index contributed by atoms with van der Waals surface area (Å²) >= 11 is 9.00. The summed E-state index contributed by atoms with van der Waals surface area (Å²) in [5.41, 5.74) is -0.712. The van der Waals surface area contributed by atoms with E-state index in [1.807, 2.05) is 5.32 Å². The van der Waals surface area contributed by atoms with Crippen molar-refractivity contribution in [2.24, 2.45) is 0 Å². The number of amides is 2. The monoisotopic (exact) mass is 350 g/mol. The van der Waals surface area contributed by atoms with E-state index in [0.29, 0.717) is 4.47 Å². The fraction of sp³-hybridized carbons (Fsp3) is 0.364. The minimum Gasteiger partial charge on any atom is -0.443 e. The number of ether oxygens (including phenoxy) is 2. The Kier molecular flexibility index (Phi) is 5.13. The predicted octanol–water partition coefficient (Wildman–Crippen LogP) is 3.52. The lowest BCUT2D eigenvalue weighted by molar-refractivity contribution is 0.0533. The molecule has 0 atom stereocenters. The summed E-state index contributed by atoms with van der Waals surface area (Å²) in [5, 5.41) is 2.02. The average Bonchev–Trinajstić information content (AvgIpc) is 2.21. The van der Waals surface area contributed by atoms with Gasteiger partial charge >= 0.3 is 12.2 Å². The number of halogens is 2. The third kappa shape index (κ3) is 5.44. The Bertz CT molecular complexity index is 502. The fourth-order valence-electron chi connectivity index (χ4n) is 0.974. The second-order valence-electron chi connectivity index (χ2n) is 4.43. The predicted molar refractivity (Wildman–Crippen MR) is 72.3 cm³/mol. The molecule has 8 heteroatoms. The van der Waals surface area contributed by atoms with Crippen LogP contribution in [0.3, 0.4) is 0 Å². The van der Waals surface area contributed by atoms with Crippen molar-refractivity contribution in [1.29, 1.82) is 0 Å². The minimum absolute atomic E-state index is 0.114. The molecule has 0 aliphatic heterocycles. The first kappa shape index (κ1) is 15.7. The molecule has 0 fully saturated rings. The van der Waals surface area contributed by atoms with Gasteiger partial charge in [-0.15, -0.1) is 0 Å². The van der Waals surface area contributed by atoms with Crippen LogP contribution in [-0.4, -0.2) is 22.8 Å². The van der Waals surface area contributed by atoms with Crippen LogP contribution in [0.1, 0.15) is 20.8 Å². The van der Waals surface area contributed by atoms with Gasteiger partial charge in [0.15, 0.2) is 0 Å². The molecule has 1 heterocycles. The van der Waals surface area contributed by atoms with Crippen LogP contribution in [0.5, 0.6) is 5.88 Å². The lowest BCUT2D eigenvalue weighted by Crippen LogP contribution is -2.38. The number of imide groups is 1. The molecule has 0 bridgehead atoms. The zero-order chi connectivity index (χ0) is 14.6. The zero-order valence-electron chi connectivity index (χ0n) is 10.5. The minimum atomic E-state index is -1.03. The average molecular weight is 352 g/mol. The maximum Gasteiger partial charge on any atom is 0.423 e. The number of carbonyl (C=O) groups excluding carboxylic acids is 2.